The van der Waals surface area contributed by atoms with Gasteiger partial charge in [0, 0.05) is 37.6 Å². The van der Waals surface area contributed by atoms with Crippen molar-refractivity contribution in [1.82, 2.24) is 4.57 Å². The van der Waals surface area contributed by atoms with E-state index >= 15 is 0 Å². The molecule has 0 bridgehead atoms. The molecule has 0 N–H and O–H groups in total. The Hall–Kier alpha value is -2.55. The summed E-state index contributed by atoms with van der Waals surface area (Å²) in [4.78, 5) is 12.8. The third-order valence-corrected chi connectivity index (χ3v) is 5.29. The molecule has 29 heavy (non-hydrogen) atoms. The van der Waals surface area contributed by atoms with Crippen molar-refractivity contribution in [3.05, 3.63) is 63.6 Å². The third kappa shape index (κ3) is 5.72. The van der Waals surface area contributed by atoms with E-state index < -0.39 is 0 Å². The predicted octanol–water partition coefficient (Wildman–Crippen LogP) is 3.57. The minimum absolute atomic E-state index is 0.0524. The smallest absolute Gasteiger partial charge is 0.254 e. The van der Waals surface area contributed by atoms with Gasteiger partial charge in [-0.15, -0.1) is 0 Å². The van der Waals surface area contributed by atoms with Gasteiger partial charge < -0.3 is 18.8 Å². The summed E-state index contributed by atoms with van der Waals surface area (Å²) in [6.07, 6.45) is 2.03. The molecule has 1 aliphatic heterocycles. The highest BCUT2D eigenvalue weighted by atomic mass is 16.5. The van der Waals surface area contributed by atoms with Gasteiger partial charge >= 0.3 is 0 Å². The first kappa shape index (κ1) is 21.2. The van der Waals surface area contributed by atoms with Crippen LogP contribution < -0.4 is 10.3 Å². The molecule has 1 aromatic heterocycles. The molecule has 1 atom stereocenters. The number of rotatable bonds is 6. The van der Waals surface area contributed by atoms with Crippen LogP contribution in [0.15, 0.2) is 41.2 Å². The molecule has 0 unspecified atom stereocenters. The summed E-state index contributed by atoms with van der Waals surface area (Å²) >= 11 is 0. The standard InChI is InChI=1S/C24H29NO4/c1-18-15-23(29-17-21-10-13-28-14-11-21)16-24(26)25(18)19(2)22-8-6-20(7-9-22)5-4-12-27-3/h6-9,15-16,19,21H,10-14,17H2,1-3H3/t19-/m0/s1. The van der Waals surface area contributed by atoms with E-state index in [1.54, 1.807) is 17.7 Å². The highest BCUT2D eigenvalue weighted by molar-refractivity contribution is 5.37. The van der Waals surface area contributed by atoms with Crippen molar-refractivity contribution >= 4 is 0 Å². The normalized spacial score (nSPS) is 15.4. The number of hydrogen-bond donors (Lipinski definition) is 0. The first-order chi connectivity index (χ1) is 14.1. The van der Waals surface area contributed by atoms with Crippen LogP contribution in [-0.2, 0) is 9.47 Å². The van der Waals surface area contributed by atoms with E-state index in [1.807, 2.05) is 44.2 Å². The van der Waals surface area contributed by atoms with Gasteiger partial charge in [-0.3, -0.25) is 4.79 Å². The van der Waals surface area contributed by atoms with E-state index in [0.717, 1.165) is 42.9 Å². The van der Waals surface area contributed by atoms with Gasteiger partial charge in [-0.25, -0.2) is 0 Å². The zero-order valence-electron chi connectivity index (χ0n) is 17.4. The molecule has 1 fully saturated rings. The van der Waals surface area contributed by atoms with Gasteiger partial charge in [0.2, 0.25) is 0 Å². The van der Waals surface area contributed by atoms with E-state index in [4.69, 9.17) is 14.2 Å². The molecular formula is C24H29NO4. The molecule has 5 heteroatoms. The number of hydrogen-bond acceptors (Lipinski definition) is 4. The molecular weight excluding hydrogens is 366 g/mol. The van der Waals surface area contributed by atoms with Crippen molar-refractivity contribution in [1.29, 1.82) is 0 Å². The molecule has 3 rings (SSSR count). The minimum Gasteiger partial charge on any atom is -0.493 e. The molecule has 1 saturated heterocycles. The molecule has 2 aromatic rings. The number of aromatic nitrogens is 1. The van der Waals surface area contributed by atoms with E-state index in [-0.39, 0.29) is 11.6 Å². The Balaban J connectivity index is 1.71. The summed E-state index contributed by atoms with van der Waals surface area (Å²) < 4.78 is 18.0. The second-order valence-corrected chi connectivity index (χ2v) is 7.44. The minimum atomic E-state index is -0.0759. The van der Waals surface area contributed by atoms with Crippen molar-refractivity contribution in [2.75, 3.05) is 33.5 Å². The Kier molecular flexibility index (Phi) is 7.51. The Labute approximate surface area is 172 Å². The maximum absolute atomic E-state index is 12.8. The topological polar surface area (TPSA) is 49.7 Å². The van der Waals surface area contributed by atoms with Gasteiger partial charge in [-0.1, -0.05) is 24.0 Å². The van der Waals surface area contributed by atoms with Crippen LogP contribution in [-0.4, -0.2) is 38.1 Å². The molecule has 5 nitrogen and oxygen atoms in total. The van der Waals surface area contributed by atoms with Gasteiger partial charge in [0.1, 0.15) is 12.4 Å². The SMILES string of the molecule is COCC#Cc1ccc([C@H](C)n2c(C)cc(OCC3CCOCC3)cc2=O)cc1. The second-order valence-electron chi connectivity index (χ2n) is 7.44. The van der Waals surface area contributed by atoms with Crippen LogP contribution in [0.5, 0.6) is 5.75 Å². The largest absolute Gasteiger partial charge is 0.493 e. The fraction of sp³-hybridized carbons (Fsp3) is 0.458. The zero-order chi connectivity index (χ0) is 20.6. The molecule has 1 aromatic carbocycles. The first-order valence-electron chi connectivity index (χ1n) is 10.1. The zero-order valence-corrected chi connectivity index (χ0v) is 17.4. The van der Waals surface area contributed by atoms with Crippen molar-refractivity contribution < 1.29 is 14.2 Å². The maximum atomic E-state index is 12.8. The number of aryl methyl sites for hydroxylation is 1. The molecule has 0 spiro atoms. The molecule has 154 valence electrons. The lowest BCUT2D eigenvalue weighted by atomic mass is 10.0. The lowest BCUT2D eigenvalue weighted by Crippen LogP contribution is -2.26. The summed E-state index contributed by atoms with van der Waals surface area (Å²) in [6.45, 7) is 6.61. The Morgan fingerprint density at radius 3 is 2.59 bits per heavy atom. The van der Waals surface area contributed by atoms with Crippen molar-refractivity contribution in [2.24, 2.45) is 5.92 Å². The molecule has 0 amide bonds. The Morgan fingerprint density at radius 1 is 1.21 bits per heavy atom. The highest BCUT2D eigenvalue weighted by Crippen LogP contribution is 2.22. The fourth-order valence-corrected chi connectivity index (χ4v) is 3.59. The average Bonchev–Trinajstić information content (AvgIpc) is 2.73. The highest BCUT2D eigenvalue weighted by Gasteiger charge is 2.16. The summed E-state index contributed by atoms with van der Waals surface area (Å²) in [7, 11) is 1.63. The summed E-state index contributed by atoms with van der Waals surface area (Å²) in [5, 5.41) is 0. The van der Waals surface area contributed by atoms with E-state index in [0.29, 0.717) is 24.9 Å². The number of nitrogens with zero attached hydrogens (tertiary/aromatic N) is 1. The van der Waals surface area contributed by atoms with Crippen LogP contribution in [0.4, 0.5) is 0 Å². The first-order valence-corrected chi connectivity index (χ1v) is 10.1. The monoisotopic (exact) mass is 395 g/mol. The van der Waals surface area contributed by atoms with Crippen LogP contribution >= 0.6 is 0 Å². The number of benzene rings is 1. The molecule has 0 saturated carbocycles. The van der Waals surface area contributed by atoms with E-state index in [9.17, 15) is 4.79 Å². The number of ether oxygens (including phenoxy) is 3. The number of pyridine rings is 1. The van der Waals surface area contributed by atoms with Gasteiger partial charge in [0.25, 0.3) is 5.56 Å². The molecule has 0 radical (unpaired) electrons. The van der Waals surface area contributed by atoms with Crippen LogP contribution in [0.2, 0.25) is 0 Å². The van der Waals surface area contributed by atoms with Gasteiger partial charge in [-0.05, 0) is 56.4 Å². The van der Waals surface area contributed by atoms with Gasteiger partial charge in [0.05, 0.1) is 12.6 Å². The lowest BCUT2D eigenvalue weighted by molar-refractivity contribution is 0.0497. The molecule has 2 heterocycles. The predicted molar refractivity (Wildman–Crippen MR) is 113 cm³/mol. The Bertz CT molecular complexity index is 915. The summed E-state index contributed by atoms with van der Waals surface area (Å²) in [5.41, 5.74) is 2.82. The quantitative estimate of drug-likeness (QED) is 0.702. The van der Waals surface area contributed by atoms with Gasteiger partial charge in [0.15, 0.2) is 0 Å². The molecule has 1 aliphatic rings. The van der Waals surface area contributed by atoms with Crippen molar-refractivity contribution in [3.63, 3.8) is 0 Å². The number of methoxy groups -OCH3 is 1. The van der Waals surface area contributed by atoms with E-state index in [2.05, 4.69) is 11.8 Å². The maximum Gasteiger partial charge on any atom is 0.254 e. The average molecular weight is 395 g/mol. The summed E-state index contributed by atoms with van der Waals surface area (Å²) in [5.74, 6) is 7.14. The van der Waals surface area contributed by atoms with Gasteiger partial charge in [-0.2, -0.15) is 0 Å². The van der Waals surface area contributed by atoms with Crippen molar-refractivity contribution in [2.45, 2.75) is 32.7 Å². The van der Waals surface area contributed by atoms with Crippen molar-refractivity contribution in [3.8, 4) is 17.6 Å². The lowest BCUT2D eigenvalue weighted by Gasteiger charge is -2.23. The third-order valence-electron chi connectivity index (χ3n) is 5.29. The summed E-state index contributed by atoms with van der Waals surface area (Å²) in [6, 6.07) is 11.4. The Morgan fingerprint density at radius 2 is 1.93 bits per heavy atom. The van der Waals surface area contributed by atoms with E-state index in [1.165, 1.54) is 0 Å². The van der Waals surface area contributed by atoms with Crippen LogP contribution in [0.3, 0.4) is 0 Å². The van der Waals surface area contributed by atoms with Crippen LogP contribution in [0.1, 0.15) is 42.6 Å². The fourth-order valence-electron chi connectivity index (χ4n) is 3.59. The van der Waals surface area contributed by atoms with Crippen LogP contribution in [0.25, 0.3) is 0 Å². The second kappa shape index (κ2) is 10.3. The van der Waals surface area contributed by atoms with Crippen LogP contribution in [0, 0.1) is 24.7 Å². The molecule has 0 aliphatic carbocycles.